The van der Waals surface area contributed by atoms with Crippen molar-refractivity contribution in [3.63, 3.8) is 0 Å². The molecule has 1 amide bonds. The summed E-state index contributed by atoms with van der Waals surface area (Å²) >= 11 is 0. The van der Waals surface area contributed by atoms with Gasteiger partial charge in [-0.05, 0) is 25.8 Å². The van der Waals surface area contributed by atoms with Crippen LogP contribution in [0.15, 0.2) is 18.2 Å². The van der Waals surface area contributed by atoms with Crippen molar-refractivity contribution in [2.75, 3.05) is 13.2 Å². The van der Waals surface area contributed by atoms with E-state index in [0.717, 1.165) is 25.7 Å². The van der Waals surface area contributed by atoms with Gasteiger partial charge in [-0.1, -0.05) is 25.0 Å². The highest BCUT2D eigenvalue weighted by Gasteiger charge is 2.21. The third-order valence-electron chi connectivity index (χ3n) is 3.04. The number of amides is 1. The number of nitro benzene ring substituents is 1. The van der Waals surface area contributed by atoms with Crippen LogP contribution in [-0.2, 0) is 0 Å². The van der Waals surface area contributed by atoms with E-state index in [-0.39, 0.29) is 17.9 Å². The van der Waals surface area contributed by atoms with E-state index >= 15 is 0 Å². The summed E-state index contributed by atoms with van der Waals surface area (Å²) in [5.74, 6) is -0.414. The smallest absolute Gasteiger partial charge is 0.285 e. The second-order valence-electron chi connectivity index (χ2n) is 4.62. The third-order valence-corrected chi connectivity index (χ3v) is 3.04. The number of carbonyl (C=O) groups excluding carboxylic acids is 1. The van der Waals surface area contributed by atoms with Crippen LogP contribution in [-0.4, -0.2) is 29.1 Å². The molecule has 0 unspecified atom stereocenters. The molecular weight excluding hydrogens is 260 g/mol. The van der Waals surface area contributed by atoms with Gasteiger partial charge in [0.1, 0.15) is 5.56 Å². The van der Waals surface area contributed by atoms with E-state index in [9.17, 15) is 14.9 Å². The summed E-state index contributed by atoms with van der Waals surface area (Å²) in [5.41, 5.74) is 0.446. The minimum Gasteiger partial charge on any atom is -0.396 e. The Labute approximate surface area is 118 Å². The van der Waals surface area contributed by atoms with Crippen molar-refractivity contribution in [3.8, 4) is 0 Å². The van der Waals surface area contributed by atoms with Crippen molar-refractivity contribution in [2.45, 2.75) is 32.6 Å². The van der Waals surface area contributed by atoms with Gasteiger partial charge in [-0.3, -0.25) is 14.9 Å². The van der Waals surface area contributed by atoms with Gasteiger partial charge in [0.25, 0.3) is 11.6 Å². The Bertz CT molecular complexity index is 474. The van der Waals surface area contributed by atoms with E-state index in [0.29, 0.717) is 12.1 Å². The van der Waals surface area contributed by atoms with Gasteiger partial charge in [-0.25, -0.2) is 0 Å². The number of para-hydroxylation sites is 1. The molecule has 110 valence electrons. The Hall–Kier alpha value is -1.95. The molecule has 2 N–H and O–H groups in total. The summed E-state index contributed by atoms with van der Waals surface area (Å²) in [6, 6.07) is 4.72. The lowest BCUT2D eigenvalue weighted by Gasteiger charge is -2.07. The number of aliphatic hydroxyl groups is 1. The fourth-order valence-electron chi connectivity index (χ4n) is 1.97. The van der Waals surface area contributed by atoms with Crippen molar-refractivity contribution in [1.29, 1.82) is 0 Å². The van der Waals surface area contributed by atoms with Crippen molar-refractivity contribution in [2.24, 2.45) is 0 Å². The molecule has 6 nitrogen and oxygen atoms in total. The number of carbonyl (C=O) groups is 1. The van der Waals surface area contributed by atoms with E-state index in [1.807, 2.05) is 0 Å². The van der Waals surface area contributed by atoms with Gasteiger partial charge in [0.05, 0.1) is 4.92 Å². The molecule has 0 bridgehead atoms. The maximum atomic E-state index is 12.0. The van der Waals surface area contributed by atoms with Gasteiger partial charge in [0, 0.05) is 18.7 Å². The summed E-state index contributed by atoms with van der Waals surface area (Å²) in [5, 5.41) is 22.3. The van der Waals surface area contributed by atoms with E-state index < -0.39 is 10.8 Å². The number of rotatable bonds is 8. The molecule has 0 aromatic heterocycles. The molecule has 6 heteroatoms. The number of aliphatic hydroxyl groups excluding tert-OH is 1. The molecule has 1 aromatic carbocycles. The van der Waals surface area contributed by atoms with Crippen molar-refractivity contribution in [3.05, 3.63) is 39.4 Å². The van der Waals surface area contributed by atoms with E-state index in [4.69, 9.17) is 5.11 Å². The zero-order valence-corrected chi connectivity index (χ0v) is 11.6. The molecular formula is C14H20N2O4. The fourth-order valence-corrected chi connectivity index (χ4v) is 1.97. The first-order valence-corrected chi connectivity index (χ1v) is 6.71. The summed E-state index contributed by atoms with van der Waals surface area (Å²) in [4.78, 5) is 22.4. The van der Waals surface area contributed by atoms with Crippen molar-refractivity contribution < 1.29 is 14.8 Å². The number of nitrogens with zero attached hydrogens (tertiary/aromatic N) is 1. The van der Waals surface area contributed by atoms with Gasteiger partial charge in [-0.15, -0.1) is 0 Å². The largest absolute Gasteiger partial charge is 0.396 e. The van der Waals surface area contributed by atoms with Crippen LogP contribution in [0.2, 0.25) is 0 Å². The predicted molar refractivity (Wildman–Crippen MR) is 75.7 cm³/mol. The molecule has 0 radical (unpaired) electrons. The topological polar surface area (TPSA) is 92.5 Å². The minimum atomic E-state index is -0.522. The quantitative estimate of drug-likeness (QED) is 0.433. The Kier molecular flexibility index (Phi) is 6.66. The third kappa shape index (κ3) is 4.62. The minimum absolute atomic E-state index is 0.102. The number of nitrogens with one attached hydrogen (secondary N) is 1. The average molecular weight is 280 g/mol. The Morgan fingerprint density at radius 3 is 2.65 bits per heavy atom. The highest BCUT2D eigenvalue weighted by atomic mass is 16.6. The number of benzene rings is 1. The van der Waals surface area contributed by atoms with E-state index in [2.05, 4.69) is 5.32 Å². The van der Waals surface area contributed by atoms with Crippen LogP contribution in [0.25, 0.3) is 0 Å². The van der Waals surface area contributed by atoms with Crippen molar-refractivity contribution in [1.82, 2.24) is 5.32 Å². The number of hydrogen-bond donors (Lipinski definition) is 2. The SMILES string of the molecule is Cc1cccc(C(=O)NCCCCCCO)c1[N+](=O)[O-]. The fraction of sp³-hybridized carbons (Fsp3) is 0.500. The Morgan fingerprint density at radius 2 is 2.00 bits per heavy atom. The number of hydrogen-bond acceptors (Lipinski definition) is 4. The summed E-state index contributed by atoms with van der Waals surface area (Å²) in [6.45, 7) is 2.28. The first kappa shape index (κ1) is 16.1. The molecule has 0 saturated carbocycles. The summed E-state index contributed by atoms with van der Waals surface area (Å²) in [7, 11) is 0. The van der Waals surface area contributed by atoms with Gasteiger partial charge in [0.2, 0.25) is 0 Å². The Morgan fingerprint density at radius 1 is 1.30 bits per heavy atom. The highest BCUT2D eigenvalue weighted by Crippen LogP contribution is 2.22. The average Bonchev–Trinajstić information content (AvgIpc) is 2.41. The van der Waals surface area contributed by atoms with Crippen LogP contribution < -0.4 is 5.32 Å². The Balaban J connectivity index is 2.56. The molecule has 0 aliphatic rings. The molecule has 20 heavy (non-hydrogen) atoms. The molecule has 0 aliphatic carbocycles. The molecule has 1 rings (SSSR count). The summed E-state index contributed by atoms with van der Waals surface area (Å²) in [6.07, 6.45) is 3.39. The highest BCUT2D eigenvalue weighted by molar-refractivity contribution is 5.98. The monoisotopic (exact) mass is 280 g/mol. The van der Waals surface area contributed by atoms with Gasteiger partial charge in [-0.2, -0.15) is 0 Å². The van der Waals surface area contributed by atoms with Crippen LogP contribution in [0.1, 0.15) is 41.6 Å². The second-order valence-corrected chi connectivity index (χ2v) is 4.62. The lowest BCUT2D eigenvalue weighted by Crippen LogP contribution is -2.25. The van der Waals surface area contributed by atoms with Crippen molar-refractivity contribution >= 4 is 11.6 Å². The summed E-state index contributed by atoms with van der Waals surface area (Å²) < 4.78 is 0. The molecule has 0 saturated heterocycles. The normalized spacial score (nSPS) is 10.3. The lowest BCUT2D eigenvalue weighted by atomic mass is 10.1. The van der Waals surface area contributed by atoms with Gasteiger partial charge < -0.3 is 10.4 Å². The lowest BCUT2D eigenvalue weighted by molar-refractivity contribution is -0.385. The van der Waals surface area contributed by atoms with Crippen LogP contribution >= 0.6 is 0 Å². The van der Waals surface area contributed by atoms with E-state index in [1.54, 1.807) is 19.1 Å². The first-order chi connectivity index (χ1) is 9.57. The second kappa shape index (κ2) is 8.27. The first-order valence-electron chi connectivity index (χ1n) is 6.71. The number of nitro groups is 1. The van der Waals surface area contributed by atoms with Crippen LogP contribution in [0.5, 0.6) is 0 Å². The van der Waals surface area contributed by atoms with Gasteiger partial charge >= 0.3 is 0 Å². The molecule has 0 fully saturated rings. The van der Waals surface area contributed by atoms with E-state index in [1.165, 1.54) is 6.07 Å². The molecule has 0 spiro atoms. The maximum Gasteiger partial charge on any atom is 0.285 e. The molecule has 0 heterocycles. The zero-order chi connectivity index (χ0) is 15.0. The molecule has 0 atom stereocenters. The molecule has 0 aliphatic heterocycles. The maximum absolute atomic E-state index is 12.0. The van der Waals surface area contributed by atoms with Crippen LogP contribution in [0.3, 0.4) is 0 Å². The number of aryl methyl sites for hydroxylation is 1. The standard InChI is InChI=1S/C14H20N2O4/c1-11-7-6-8-12(13(11)16(19)20)14(18)15-9-4-2-3-5-10-17/h6-8,17H,2-5,9-10H2,1H3,(H,15,18). The van der Waals surface area contributed by atoms with Gasteiger partial charge in [0.15, 0.2) is 0 Å². The molecule has 1 aromatic rings. The van der Waals surface area contributed by atoms with Crippen LogP contribution in [0.4, 0.5) is 5.69 Å². The number of unbranched alkanes of at least 4 members (excludes halogenated alkanes) is 3. The zero-order valence-electron chi connectivity index (χ0n) is 11.6. The van der Waals surface area contributed by atoms with Crippen LogP contribution in [0, 0.1) is 17.0 Å². The predicted octanol–water partition coefficient (Wildman–Crippen LogP) is 2.19.